The Bertz CT molecular complexity index is 2630. The van der Waals surface area contributed by atoms with Gasteiger partial charge in [0.15, 0.2) is 0 Å². The van der Waals surface area contributed by atoms with E-state index in [0.29, 0.717) is 0 Å². The monoisotopic (exact) mass is 711 g/mol. The van der Waals surface area contributed by atoms with Crippen molar-refractivity contribution in [1.29, 1.82) is 0 Å². The van der Waals surface area contributed by atoms with Gasteiger partial charge >= 0.3 is 0 Å². The summed E-state index contributed by atoms with van der Waals surface area (Å²) in [6.07, 6.45) is 0. The van der Waals surface area contributed by atoms with E-state index in [1.165, 1.54) is 74.1 Å². The molecular weight excluding hydrogens is 679 g/mol. The highest BCUT2D eigenvalue weighted by Gasteiger charge is 2.15. The third-order valence-corrected chi connectivity index (χ3v) is 12.4. The van der Waals surface area contributed by atoms with Crippen LogP contribution in [0.15, 0.2) is 200 Å². The first-order chi connectivity index (χ1) is 26.2. The Kier molecular flexibility index (Phi) is 7.94. The molecular formula is C50H33NS2. The number of hydrogen-bond acceptors (Lipinski definition) is 3. The quantitative estimate of drug-likeness (QED) is 0.159. The molecule has 0 unspecified atom stereocenters. The Morgan fingerprint density at radius 2 is 0.623 bits per heavy atom. The fourth-order valence-corrected chi connectivity index (χ4v) is 9.41. The van der Waals surface area contributed by atoms with Gasteiger partial charge in [-0.2, -0.15) is 0 Å². The summed E-state index contributed by atoms with van der Waals surface area (Å²) in [4.78, 5) is 4.96. The largest absolute Gasteiger partial charge is 0.310 e. The standard InChI is InChI=1S/C50H33NS2/c1-2-8-41-31-46(30-25-34(41)7-1)51(44-26-21-37(22-27-44)35-13-17-39(18-14-35)49-32-42-9-3-5-11-47(42)52-49)45-28-23-38(24-29-45)36-15-19-40(20-16-36)50-33-43-10-4-6-12-48(43)53-50/h1-33H. The summed E-state index contributed by atoms with van der Waals surface area (Å²) < 4.78 is 2.65. The lowest BCUT2D eigenvalue weighted by molar-refractivity contribution is 1.29. The average molecular weight is 712 g/mol. The van der Waals surface area contributed by atoms with Crippen LogP contribution in [0.1, 0.15) is 0 Å². The van der Waals surface area contributed by atoms with Crippen molar-refractivity contribution >= 4 is 70.7 Å². The first kappa shape index (κ1) is 31.5. The van der Waals surface area contributed by atoms with E-state index in [-0.39, 0.29) is 0 Å². The minimum absolute atomic E-state index is 1.12. The molecule has 0 atom stereocenters. The molecule has 0 spiro atoms. The lowest BCUT2D eigenvalue weighted by atomic mass is 10.0. The maximum absolute atomic E-state index is 2.36. The molecule has 0 radical (unpaired) electrons. The topological polar surface area (TPSA) is 3.24 Å². The van der Waals surface area contributed by atoms with Crippen molar-refractivity contribution < 1.29 is 0 Å². The molecule has 2 heterocycles. The molecule has 0 amide bonds. The molecule has 0 N–H and O–H groups in total. The molecule has 53 heavy (non-hydrogen) atoms. The van der Waals surface area contributed by atoms with Gasteiger partial charge in [-0.25, -0.2) is 0 Å². The van der Waals surface area contributed by atoms with Gasteiger partial charge in [-0.05, 0) is 116 Å². The van der Waals surface area contributed by atoms with Gasteiger partial charge in [-0.3, -0.25) is 0 Å². The summed E-state index contributed by atoms with van der Waals surface area (Å²) in [5.41, 5.74) is 10.7. The van der Waals surface area contributed by atoms with E-state index < -0.39 is 0 Å². The van der Waals surface area contributed by atoms with Gasteiger partial charge in [0.25, 0.3) is 0 Å². The normalized spacial score (nSPS) is 11.4. The molecule has 0 aliphatic heterocycles. The van der Waals surface area contributed by atoms with Crippen LogP contribution in [-0.2, 0) is 0 Å². The molecule has 0 saturated carbocycles. The van der Waals surface area contributed by atoms with Crippen LogP contribution in [0.4, 0.5) is 17.1 Å². The first-order valence-corrected chi connectivity index (χ1v) is 19.5. The maximum Gasteiger partial charge on any atom is 0.0468 e. The van der Waals surface area contributed by atoms with Crippen LogP contribution in [0.5, 0.6) is 0 Å². The van der Waals surface area contributed by atoms with Gasteiger partial charge in [0.05, 0.1) is 0 Å². The van der Waals surface area contributed by atoms with E-state index in [1.54, 1.807) is 0 Å². The van der Waals surface area contributed by atoms with Crippen LogP contribution in [0.2, 0.25) is 0 Å². The Balaban J connectivity index is 0.950. The van der Waals surface area contributed by atoms with Crippen molar-refractivity contribution in [3.05, 3.63) is 200 Å². The van der Waals surface area contributed by atoms with E-state index in [4.69, 9.17) is 0 Å². The molecule has 3 heteroatoms. The second-order valence-electron chi connectivity index (χ2n) is 13.4. The number of nitrogens with zero attached hydrogens (tertiary/aromatic N) is 1. The smallest absolute Gasteiger partial charge is 0.0468 e. The second-order valence-corrected chi connectivity index (χ2v) is 15.6. The zero-order valence-electron chi connectivity index (χ0n) is 28.8. The highest BCUT2D eigenvalue weighted by molar-refractivity contribution is 7.22. The Morgan fingerprint density at radius 1 is 0.264 bits per heavy atom. The minimum atomic E-state index is 1.12. The molecule has 8 aromatic carbocycles. The summed E-state index contributed by atoms with van der Waals surface area (Å²) >= 11 is 3.70. The first-order valence-electron chi connectivity index (χ1n) is 17.9. The molecule has 10 rings (SSSR count). The third-order valence-electron chi connectivity index (χ3n) is 10.1. The lowest BCUT2D eigenvalue weighted by Crippen LogP contribution is -2.09. The molecule has 2 aromatic heterocycles. The highest BCUT2D eigenvalue weighted by Crippen LogP contribution is 2.40. The van der Waals surface area contributed by atoms with Crippen LogP contribution in [0.3, 0.4) is 0 Å². The number of hydrogen-bond donors (Lipinski definition) is 0. The summed E-state index contributed by atoms with van der Waals surface area (Å²) in [6.45, 7) is 0. The Labute approximate surface area is 317 Å². The lowest BCUT2D eigenvalue weighted by Gasteiger charge is -2.26. The van der Waals surface area contributed by atoms with E-state index in [2.05, 4.69) is 205 Å². The Hall–Kier alpha value is -6.26. The highest BCUT2D eigenvalue weighted by atomic mass is 32.1. The summed E-state index contributed by atoms with van der Waals surface area (Å²) in [5.74, 6) is 0. The minimum Gasteiger partial charge on any atom is -0.310 e. The molecule has 0 saturated heterocycles. The van der Waals surface area contributed by atoms with E-state index in [9.17, 15) is 0 Å². The number of fused-ring (bicyclic) bond motifs is 3. The van der Waals surface area contributed by atoms with Crippen molar-refractivity contribution in [2.75, 3.05) is 4.90 Å². The predicted molar refractivity (Wildman–Crippen MR) is 231 cm³/mol. The Morgan fingerprint density at radius 3 is 1.08 bits per heavy atom. The van der Waals surface area contributed by atoms with Crippen LogP contribution in [0.25, 0.3) is 74.1 Å². The number of thiophene rings is 2. The second kappa shape index (κ2) is 13.4. The number of rotatable bonds is 7. The number of benzene rings is 8. The van der Waals surface area contributed by atoms with Gasteiger partial charge < -0.3 is 4.90 Å². The van der Waals surface area contributed by atoms with Gasteiger partial charge in [0, 0.05) is 36.2 Å². The summed E-state index contributed by atoms with van der Waals surface area (Å²) in [5, 5.41) is 5.06. The van der Waals surface area contributed by atoms with Gasteiger partial charge in [0.1, 0.15) is 0 Å². The van der Waals surface area contributed by atoms with E-state index >= 15 is 0 Å². The van der Waals surface area contributed by atoms with Gasteiger partial charge in [0.2, 0.25) is 0 Å². The molecule has 1 nitrogen and oxygen atoms in total. The summed E-state index contributed by atoms with van der Waals surface area (Å²) in [6, 6.07) is 72.9. The zero-order valence-corrected chi connectivity index (χ0v) is 30.4. The van der Waals surface area contributed by atoms with Crippen molar-refractivity contribution in [1.82, 2.24) is 0 Å². The maximum atomic E-state index is 2.36. The fraction of sp³-hybridized carbons (Fsp3) is 0. The fourth-order valence-electron chi connectivity index (χ4n) is 7.27. The molecule has 0 fully saturated rings. The summed E-state index contributed by atoms with van der Waals surface area (Å²) in [7, 11) is 0. The van der Waals surface area contributed by atoms with Crippen LogP contribution in [-0.4, -0.2) is 0 Å². The molecule has 0 bridgehead atoms. The van der Waals surface area contributed by atoms with Gasteiger partial charge in [-0.15, -0.1) is 22.7 Å². The number of anilines is 3. The predicted octanol–water partition coefficient (Wildman–Crippen LogP) is 15.4. The van der Waals surface area contributed by atoms with Crippen molar-refractivity contribution in [3.8, 4) is 43.1 Å². The molecule has 0 aliphatic carbocycles. The molecule has 250 valence electrons. The third kappa shape index (κ3) is 6.10. The van der Waals surface area contributed by atoms with Crippen LogP contribution < -0.4 is 4.90 Å². The van der Waals surface area contributed by atoms with Crippen molar-refractivity contribution in [3.63, 3.8) is 0 Å². The van der Waals surface area contributed by atoms with E-state index in [0.717, 1.165) is 17.1 Å². The SMILES string of the molecule is c1ccc2cc(N(c3ccc(-c4ccc(-c5cc6ccccc6s5)cc4)cc3)c3ccc(-c4ccc(-c5cc6ccccc6s5)cc4)cc3)ccc2c1. The van der Waals surface area contributed by atoms with Crippen LogP contribution >= 0.6 is 22.7 Å². The molecule has 0 aliphatic rings. The van der Waals surface area contributed by atoms with Gasteiger partial charge in [-0.1, -0.05) is 140 Å². The van der Waals surface area contributed by atoms with E-state index in [1.807, 2.05) is 22.7 Å². The van der Waals surface area contributed by atoms with Crippen molar-refractivity contribution in [2.24, 2.45) is 0 Å². The average Bonchev–Trinajstić information content (AvgIpc) is 3.87. The molecule has 10 aromatic rings. The van der Waals surface area contributed by atoms with Crippen molar-refractivity contribution in [2.45, 2.75) is 0 Å². The zero-order chi connectivity index (χ0) is 35.1. The van der Waals surface area contributed by atoms with Crippen LogP contribution in [0, 0.1) is 0 Å².